The maximum absolute atomic E-state index is 11.9. The van der Waals surface area contributed by atoms with Gasteiger partial charge < -0.3 is 15.2 Å². The molecular weight excluding hydrogens is 259 g/mol. The Bertz CT molecular complexity index is 218. The second-order valence-corrected chi connectivity index (χ2v) is 4.80. The molecule has 116 valence electrons. The zero-order valence-corrected chi connectivity index (χ0v) is 11.9. The summed E-state index contributed by atoms with van der Waals surface area (Å²) in [7, 11) is 0. The maximum atomic E-state index is 11.9. The van der Waals surface area contributed by atoms with Crippen molar-refractivity contribution in [2.75, 3.05) is 26.4 Å². The Morgan fingerprint density at radius 2 is 1.79 bits per heavy atom. The van der Waals surface area contributed by atoms with E-state index in [4.69, 9.17) is 4.74 Å². The van der Waals surface area contributed by atoms with E-state index in [2.05, 4.69) is 5.32 Å². The molecule has 0 spiro atoms. The molecule has 0 bridgehead atoms. The van der Waals surface area contributed by atoms with Gasteiger partial charge in [-0.1, -0.05) is 13.8 Å². The minimum atomic E-state index is -4.15. The zero-order chi connectivity index (χ0) is 14.8. The van der Waals surface area contributed by atoms with Gasteiger partial charge in [0.1, 0.15) is 0 Å². The lowest BCUT2D eigenvalue weighted by atomic mass is 9.91. The molecule has 3 nitrogen and oxygen atoms in total. The van der Waals surface area contributed by atoms with Crippen molar-refractivity contribution in [3.63, 3.8) is 0 Å². The van der Waals surface area contributed by atoms with Gasteiger partial charge in [-0.25, -0.2) is 0 Å². The molecule has 0 amide bonds. The molecule has 2 N–H and O–H groups in total. The molecule has 0 aliphatic carbocycles. The second-order valence-electron chi connectivity index (χ2n) is 4.80. The van der Waals surface area contributed by atoms with Crippen LogP contribution in [0.2, 0.25) is 0 Å². The van der Waals surface area contributed by atoms with E-state index in [9.17, 15) is 18.3 Å². The molecule has 0 radical (unpaired) electrons. The number of aliphatic hydroxyl groups excluding tert-OH is 1. The fraction of sp³-hybridized carbons (Fsp3) is 1.00. The van der Waals surface area contributed by atoms with Crippen LogP contribution in [0, 0.1) is 0 Å². The predicted molar refractivity (Wildman–Crippen MR) is 69.1 cm³/mol. The molecule has 0 aromatic rings. The minimum Gasteiger partial charge on any atom is -0.394 e. The van der Waals surface area contributed by atoms with Gasteiger partial charge in [0.2, 0.25) is 0 Å². The molecule has 0 aliphatic rings. The van der Waals surface area contributed by atoms with Crippen molar-refractivity contribution >= 4 is 0 Å². The molecule has 6 heteroatoms. The fourth-order valence-electron chi connectivity index (χ4n) is 1.83. The molecule has 0 aliphatic heterocycles. The van der Waals surface area contributed by atoms with Crippen molar-refractivity contribution in [2.24, 2.45) is 0 Å². The van der Waals surface area contributed by atoms with E-state index in [1.54, 1.807) is 0 Å². The topological polar surface area (TPSA) is 41.5 Å². The first-order valence-corrected chi connectivity index (χ1v) is 6.89. The van der Waals surface area contributed by atoms with Gasteiger partial charge in [0.05, 0.1) is 19.6 Å². The highest BCUT2D eigenvalue weighted by Crippen LogP contribution is 2.20. The van der Waals surface area contributed by atoms with Crippen LogP contribution in [0.1, 0.15) is 46.0 Å². The standard InChI is InChI=1S/C13H26F3NO2/c1-3-8-17-12(4-2,11-18)6-5-9-19-10-7-13(14,15)16/h17-18H,3-11H2,1-2H3. The van der Waals surface area contributed by atoms with E-state index in [0.717, 1.165) is 19.4 Å². The van der Waals surface area contributed by atoms with Crippen LogP contribution in [0.3, 0.4) is 0 Å². The summed E-state index contributed by atoms with van der Waals surface area (Å²) in [5.41, 5.74) is -0.330. The largest absolute Gasteiger partial charge is 0.394 e. The molecule has 0 saturated carbocycles. The summed E-state index contributed by atoms with van der Waals surface area (Å²) in [5, 5.41) is 12.8. The molecule has 0 heterocycles. The van der Waals surface area contributed by atoms with Gasteiger partial charge in [0.15, 0.2) is 0 Å². The average molecular weight is 285 g/mol. The highest BCUT2D eigenvalue weighted by molar-refractivity contribution is 4.85. The normalized spacial score (nSPS) is 15.5. The first-order chi connectivity index (χ1) is 8.89. The van der Waals surface area contributed by atoms with E-state index in [-0.39, 0.29) is 18.8 Å². The molecule has 1 atom stereocenters. The lowest BCUT2D eigenvalue weighted by Crippen LogP contribution is -2.48. The molecule has 0 rings (SSSR count). The van der Waals surface area contributed by atoms with Crippen LogP contribution < -0.4 is 5.32 Å². The smallest absolute Gasteiger partial charge is 0.391 e. The van der Waals surface area contributed by atoms with Gasteiger partial charge in [-0.05, 0) is 32.2 Å². The molecule has 0 aromatic carbocycles. The van der Waals surface area contributed by atoms with Crippen molar-refractivity contribution in [3.8, 4) is 0 Å². The molecular formula is C13H26F3NO2. The van der Waals surface area contributed by atoms with Crippen LogP contribution in [0.4, 0.5) is 13.2 Å². The van der Waals surface area contributed by atoms with Crippen LogP contribution in [-0.2, 0) is 4.74 Å². The minimum absolute atomic E-state index is 0.0338. The van der Waals surface area contributed by atoms with Crippen molar-refractivity contribution in [1.82, 2.24) is 5.32 Å². The van der Waals surface area contributed by atoms with Crippen LogP contribution >= 0.6 is 0 Å². The number of ether oxygens (including phenoxy) is 1. The number of aliphatic hydroxyl groups is 1. The average Bonchev–Trinajstić information content (AvgIpc) is 2.36. The molecule has 0 fully saturated rings. The van der Waals surface area contributed by atoms with Crippen molar-refractivity contribution in [3.05, 3.63) is 0 Å². The summed E-state index contributed by atoms with van der Waals surface area (Å²) < 4.78 is 40.6. The van der Waals surface area contributed by atoms with Crippen LogP contribution in [0.25, 0.3) is 0 Å². The van der Waals surface area contributed by atoms with E-state index in [1.807, 2.05) is 13.8 Å². The lowest BCUT2D eigenvalue weighted by molar-refractivity contribution is -0.145. The SMILES string of the molecule is CCCNC(CC)(CO)CCCOCCC(F)(F)F. The summed E-state index contributed by atoms with van der Waals surface area (Å²) in [6, 6.07) is 0. The van der Waals surface area contributed by atoms with E-state index in [1.165, 1.54) is 0 Å². The first-order valence-electron chi connectivity index (χ1n) is 6.89. The molecule has 0 saturated heterocycles. The van der Waals surface area contributed by atoms with Crippen molar-refractivity contribution < 1.29 is 23.0 Å². The Labute approximate surface area is 113 Å². The third-order valence-electron chi connectivity index (χ3n) is 3.20. The molecule has 1 unspecified atom stereocenters. The first kappa shape index (κ1) is 18.7. The number of hydrogen-bond donors (Lipinski definition) is 2. The number of nitrogens with one attached hydrogen (secondary N) is 1. The maximum Gasteiger partial charge on any atom is 0.391 e. The van der Waals surface area contributed by atoms with E-state index in [0.29, 0.717) is 19.4 Å². The quantitative estimate of drug-likeness (QED) is 0.574. The number of rotatable bonds is 11. The van der Waals surface area contributed by atoms with Gasteiger partial charge in [0, 0.05) is 12.1 Å². The number of halogens is 3. The fourth-order valence-corrected chi connectivity index (χ4v) is 1.83. The van der Waals surface area contributed by atoms with Crippen LogP contribution in [0.5, 0.6) is 0 Å². The van der Waals surface area contributed by atoms with Gasteiger partial charge >= 0.3 is 6.18 Å². The molecule has 0 aromatic heterocycles. The van der Waals surface area contributed by atoms with Crippen LogP contribution in [0.15, 0.2) is 0 Å². The Hall–Kier alpha value is -0.330. The lowest BCUT2D eigenvalue weighted by Gasteiger charge is -2.32. The van der Waals surface area contributed by atoms with Gasteiger partial charge in [0.25, 0.3) is 0 Å². The monoisotopic (exact) mass is 285 g/mol. The Morgan fingerprint density at radius 3 is 2.26 bits per heavy atom. The van der Waals surface area contributed by atoms with Crippen molar-refractivity contribution in [2.45, 2.75) is 57.7 Å². The summed E-state index contributed by atoms with van der Waals surface area (Å²) in [5.74, 6) is 0. The number of hydrogen-bond acceptors (Lipinski definition) is 3. The Kier molecular flexibility index (Phi) is 9.39. The molecule has 19 heavy (non-hydrogen) atoms. The Balaban J connectivity index is 3.81. The third-order valence-corrected chi connectivity index (χ3v) is 3.20. The third kappa shape index (κ3) is 9.24. The highest BCUT2D eigenvalue weighted by Gasteiger charge is 2.27. The number of alkyl halides is 3. The summed E-state index contributed by atoms with van der Waals surface area (Å²) in [6.07, 6.45) is -1.95. The van der Waals surface area contributed by atoms with Crippen molar-refractivity contribution in [1.29, 1.82) is 0 Å². The predicted octanol–water partition coefficient (Wildman–Crippen LogP) is 2.88. The van der Waals surface area contributed by atoms with Gasteiger partial charge in [-0.3, -0.25) is 0 Å². The van der Waals surface area contributed by atoms with E-state index < -0.39 is 12.6 Å². The highest BCUT2D eigenvalue weighted by atomic mass is 19.4. The van der Waals surface area contributed by atoms with E-state index >= 15 is 0 Å². The summed E-state index contributed by atoms with van der Waals surface area (Å²) in [6.45, 7) is 4.90. The summed E-state index contributed by atoms with van der Waals surface area (Å²) in [4.78, 5) is 0. The van der Waals surface area contributed by atoms with Crippen LogP contribution in [-0.4, -0.2) is 43.2 Å². The zero-order valence-electron chi connectivity index (χ0n) is 11.9. The van der Waals surface area contributed by atoms with Gasteiger partial charge in [-0.2, -0.15) is 13.2 Å². The second kappa shape index (κ2) is 9.55. The van der Waals surface area contributed by atoms with Gasteiger partial charge in [-0.15, -0.1) is 0 Å². The Morgan fingerprint density at radius 1 is 1.11 bits per heavy atom. The summed E-state index contributed by atoms with van der Waals surface area (Å²) >= 11 is 0.